The Morgan fingerprint density at radius 1 is 1.33 bits per heavy atom. The van der Waals surface area contributed by atoms with Crippen molar-refractivity contribution in [1.82, 2.24) is 20.4 Å². The van der Waals surface area contributed by atoms with Crippen molar-refractivity contribution in [3.05, 3.63) is 52.8 Å². The third-order valence-electron chi connectivity index (χ3n) is 3.52. The van der Waals surface area contributed by atoms with Gasteiger partial charge in [0.05, 0.1) is 6.20 Å². The fourth-order valence-corrected chi connectivity index (χ4v) is 2.59. The second-order valence-electron chi connectivity index (χ2n) is 5.70. The Morgan fingerprint density at radius 2 is 2.21 bits per heavy atom. The molecule has 0 saturated carbocycles. The third kappa shape index (κ3) is 6.62. The monoisotopic (exact) mass is 347 g/mol. The minimum atomic E-state index is 0.769. The molecule has 2 aromatic rings. The van der Waals surface area contributed by atoms with Gasteiger partial charge in [0.1, 0.15) is 0 Å². The zero-order valence-electron chi connectivity index (χ0n) is 14.4. The van der Waals surface area contributed by atoms with E-state index in [1.165, 1.54) is 11.1 Å². The summed E-state index contributed by atoms with van der Waals surface area (Å²) in [5.41, 5.74) is 2.41. The molecular weight excluding hydrogens is 322 g/mol. The molecule has 2 N–H and O–H groups in total. The summed E-state index contributed by atoms with van der Waals surface area (Å²) in [5, 5.41) is 11.7. The molecule has 1 heterocycles. The predicted molar refractivity (Wildman–Crippen MR) is 101 cm³/mol. The number of aliphatic imine (C=N–C) groups is 1. The fraction of sp³-hybridized carbons (Fsp3) is 0.444. The number of nitrogens with zero attached hydrogens (tertiary/aromatic N) is 3. The van der Waals surface area contributed by atoms with Crippen molar-refractivity contribution in [3.63, 3.8) is 0 Å². The van der Waals surface area contributed by atoms with Crippen LogP contribution in [-0.4, -0.2) is 35.4 Å². The van der Waals surface area contributed by atoms with Gasteiger partial charge in [-0.2, -0.15) is 5.10 Å². The molecule has 0 saturated heterocycles. The van der Waals surface area contributed by atoms with Gasteiger partial charge in [-0.25, -0.2) is 0 Å². The van der Waals surface area contributed by atoms with E-state index >= 15 is 0 Å². The van der Waals surface area contributed by atoms with E-state index in [9.17, 15) is 0 Å². The molecule has 1 aromatic carbocycles. The molecule has 0 atom stereocenters. The maximum absolute atomic E-state index is 6.01. The zero-order valence-corrected chi connectivity index (χ0v) is 15.2. The summed E-state index contributed by atoms with van der Waals surface area (Å²) in [5.74, 6) is 0.858. The van der Waals surface area contributed by atoms with Crippen molar-refractivity contribution >= 4 is 17.6 Å². The number of rotatable bonds is 8. The summed E-state index contributed by atoms with van der Waals surface area (Å²) in [6.07, 6.45) is 5.81. The molecule has 6 heteroatoms. The van der Waals surface area contributed by atoms with Crippen LogP contribution in [0.5, 0.6) is 0 Å². The molecule has 0 aliphatic carbocycles. The molecule has 0 unspecified atom stereocenters. The van der Waals surface area contributed by atoms with Crippen molar-refractivity contribution in [1.29, 1.82) is 0 Å². The molecule has 0 aliphatic heterocycles. The second-order valence-corrected chi connectivity index (χ2v) is 6.14. The molecule has 0 amide bonds. The largest absolute Gasteiger partial charge is 0.357 e. The smallest absolute Gasteiger partial charge is 0.191 e. The van der Waals surface area contributed by atoms with Gasteiger partial charge in [-0.1, -0.05) is 23.7 Å². The van der Waals surface area contributed by atoms with Gasteiger partial charge in [-0.3, -0.25) is 9.67 Å². The standard InChI is InChI=1S/C18H26ClN5/c1-3-20-18(21-9-5-11-24-14-15(2)13-23-24)22-10-8-16-6-4-7-17(19)12-16/h4,6-7,12-14H,3,5,8-11H2,1-2H3,(H2,20,21,22). The van der Waals surface area contributed by atoms with Gasteiger partial charge >= 0.3 is 0 Å². The third-order valence-corrected chi connectivity index (χ3v) is 3.75. The van der Waals surface area contributed by atoms with E-state index in [-0.39, 0.29) is 0 Å². The first-order valence-corrected chi connectivity index (χ1v) is 8.81. The van der Waals surface area contributed by atoms with Crippen LogP contribution < -0.4 is 10.6 Å². The van der Waals surface area contributed by atoms with Gasteiger partial charge in [0, 0.05) is 37.4 Å². The van der Waals surface area contributed by atoms with Gasteiger partial charge in [0.2, 0.25) is 0 Å². The number of nitrogens with one attached hydrogen (secondary N) is 2. The lowest BCUT2D eigenvalue weighted by molar-refractivity contribution is 0.583. The summed E-state index contributed by atoms with van der Waals surface area (Å²) >= 11 is 6.01. The molecule has 24 heavy (non-hydrogen) atoms. The van der Waals surface area contributed by atoms with Crippen LogP contribution in [0.4, 0.5) is 0 Å². The average Bonchev–Trinajstić information content (AvgIpc) is 2.97. The van der Waals surface area contributed by atoms with Gasteiger partial charge < -0.3 is 10.6 Å². The molecule has 0 radical (unpaired) electrons. The van der Waals surface area contributed by atoms with Crippen LogP contribution in [0.3, 0.4) is 0 Å². The van der Waals surface area contributed by atoms with E-state index < -0.39 is 0 Å². The number of halogens is 1. The molecule has 0 bridgehead atoms. The normalized spacial score (nSPS) is 11.5. The summed E-state index contributed by atoms with van der Waals surface area (Å²) < 4.78 is 1.96. The Hall–Kier alpha value is -2.01. The Balaban J connectivity index is 1.73. The lowest BCUT2D eigenvalue weighted by Gasteiger charge is -2.11. The quantitative estimate of drug-likeness (QED) is 0.438. The van der Waals surface area contributed by atoms with E-state index in [1.807, 2.05) is 29.1 Å². The highest BCUT2D eigenvalue weighted by Gasteiger charge is 1.99. The van der Waals surface area contributed by atoms with Crippen molar-refractivity contribution in [2.75, 3.05) is 19.6 Å². The first-order valence-electron chi connectivity index (χ1n) is 8.43. The van der Waals surface area contributed by atoms with Crippen LogP contribution in [0.2, 0.25) is 5.02 Å². The molecule has 1 aromatic heterocycles. The van der Waals surface area contributed by atoms with Crippen molar-refractivity contribution in [3.8, 4) is 0 Å². The van der Waals surface area contributed by atoms with Crippen LogP contribution in [0.25, 0.3) is 0 Å². The number of aromatic nitrogens is 2. The summed E-state index contributed by atoms with van der Waals surface area (Å²) in [6, 6.07) is 7.96. The molecule has 130 valence electrons. The fourth-order valence-electron chi connectivity index (χ4n) is 2.37. The first kappa shape index (κ1) is 18.3. The van der Waals surface area contributed by atoms with Crippen LogP contribution >= 0.6 is 11.6 Å². The van der Waals surface area contributed by atoms with E-state index in [0.29, 0.717) is 0 Å². The minimum absolute atomic E-state index is 0.769. The van der Waals surface area contributed by atoms with Gasteiger partial charge in [0.25, 0.3) is 0 Å². The van der Waals surface area contributed by atoms with Crippen LogP contribution in [0.15, 0.2) is 41.7 Å². The lowest BCUT2D eigenvalue weighted by Crippen LogP contribution is -2.38. The van der Waals surface area contributed by atoms with Gasteiger partial charge in [-0.15, -0.1) is 0 Å². The highest BCUT2D eigenvalue weighted by atomic mass is 35.5. The molecule has 5 nitrogen and oxygen atoms in total. The van der Waals surface area contributed by atoms with Crippen LogP contribution in [-0.2, 0) is 13.0 Å². The van der Waals surface area contributed by atoms with Crippen LogP contribution in [0, 0.1) is 6.92 Å². The second kappa shape index (κ2) is 9.98. The van der Waals surface area contributed by atoms with Gasteiger partial charge in [-0.05, 0) is 49.9 Å². The van der Waals surface area contributed by atoms with Crippen molar-refractivity contribution in [2.24, 2.45) is 4.99 Å². The van der Waals surface area contributed by atoms with E-state index in [1.54, 1.807) is 0 Å². The van der Waals surface area contributed by atoms with E-state index in [2.05, 4.69) is 46.8 Å². The first-order chi connectivity index (χ1) is 11.7. The maximum Gasteiger partial charge on any atom is 0.191 e. The minimum Gasteiger partial charge on any atom is -0.357 e. The number of guanidine groups is 1. The number of aryl methyl sites for hydroxylation is 2. The summed E-state index contributed by atoms with van der Waals surface area (Å²) in [4.78, 5) is 4.61. The number of hydrogen-bond donors (Lipinski definition) is 2. The lowest BCUT2D eigenvalue weighted by atomic mass is 10.1. The van der Waals surface area contributed by atoms with Gasteiger partial charge in [0.15, 0.2) is 5.96 Å². The van der Waals surface area contributed by atoms with E-state index in [4.69, 9.17) is 11.6 Å². The van der Waals surface area contributed by atoms with Crippen molar-refractivity contribution < 1.29 is 0 Å². The SMILES string of the molecule is CCNC(=NCCCn1cc(C)cn1)NCCc1cccc(Cl)c1. The van der Waals surface area contributed by atoms with Crippen LogP contribution in [0.1, 0.15) is 24.5 Å². The highest BCUT2D eigenvalue weighted by molar-refractivity contribution is 6.30. The summed E-state index contributed by atoms with van der Waals surface area (Å²) in [6.45, 7) is 7.45. The molecule has 0 spiro atoms. The Kier molecular flexibility index (Phi) is 7.62. The molecular formula is C18H26ClN5. The molecule has 2 rings (SSSR count). The average molecular weight is 348 g/mol. The Morgan fingerprint density at radius 3 is 2.92 bits per heavy atom. The highest BCUT2D eigenvalue weighted by Crippen LogP contribution is 2.10. The zero-order chi connectivity index (χ0) is 17.2. The maximum atomic E-state index is 6.01. The molecule has 0 fully saturated rings. The molecule has 0 aliphatic rings. The predicted octanol–water partition coefficient (Wildman–Crippen LogP) is 3.03. The van der Waals surface area contributed by atoms with E-state index in [0.717, 1.165) is 50.0 Å². The summed E-state index contributed by atoms with van der Waals surface area (Å²) in [7, 11) is 0. The Labute approximate surface area is 149 Å². The Bertz CT molecular complexity index is 650. The van der Waals surface area contributed by atoms with Crippen molar-refractivity contribution in [2.45, 2.75) is 33.2 Å². The topological polar surface area (TPSA) is 54.2 Å². The number of benzene rings is 1. The number of hydrogen-bond acceptors (Lipinski definition) is 2.